The van der Waals surface area contributed by atoms with Crippen LogP contribution < -0.4 is 15.0 Å². The third-order valence-corrected chi connectivity index (χ3v) is 7.50. The highest BCUT2D eigenvalue weighted by Crippen LogP contribution is 2.43. The molecule has 0 amide bonds. The number of esters is 1. The molecule has 1 aromatic heterocycles. The molecule has 1 heterocycles. The number of carbonyl (C=O) groups is 1. The Morgan fingerprint density at radius 2 is 1.92 bits per heavy atom. The summed E-state index contributed by atoms with van der Waals surface area (Å²) in [6.45, 7) is 9.69. The topological polar surface area (TPSA) is 92.0 Å². The highest BCUT2D eigenvalue weighted by Gasteiger charge is 2.23. The first kappa shape index (κ1) is 29.1. The number of hydrogen-bond donors (Lipinski definition) is 0. The van der Waals surface area contributed by atoms with Gasteiger partial charge in [0.15, 0.2) is 17.6 Å². The lowest BCUT2D eigenvalue weighted by Crippen LogP contribution is -2.26. The first-order valence-electron chi connectivity index (χ1n) is 11.9. The maximum absolute atomic E-state index is 13.4. The normalized spacial score (nSPS) is 13.1. The van der Waals surface area contributed by atoms with Gasteiger partial charge in [0.1, 0.15) is 10.8 Å². The van der Waals surface area contributed by atoms with Gasteiger partial charge in [0.05, 0.1) is 30.3 Å². The van der Waals surface area contributed by atoms with E-state index in [0.717, 1.165) is 10.9 Å². The van der Waals surface area contributed by atoms with Crippen molar-refractivity contribution in [2.24, 2.45) is 5.10 Å². The molecule has 0 spiro atoms. The first-order chi connectivity index (χ1) is 17.6. The molecule has 2 aromatic carbocycles. The van der Waals surface area contributed by atoms with Crippen LogP contribution in [0.25, 0.3) is 10.9 Å². The Morgan fingerprint density at radius 3 is 2.57 bits per heavy atom. The summed E-state index contributed by atoms with van der Waals surface area (Å²) in [6.07, 6.45) is 1.39. The minimum Gasteiger partial charge on any atom is -0.490 e. The second-order valence-corrected chi connectivity index (χ2v) is 10.3. The Balaban J connectivity index is 2.12. The van der Waals surface area contributed by atoms with Gasteiger partial charge in [-0.1, -0.05) is 41.4 Å². The molecule has 3 aromatic rings. The maximum Gasteiger partial charge on any atom is 0.347 e. The van der Waals surface area contributed by atoms with Crippen LogP contribution in [0, 0.1) is 0 Å². The van der Waals surface area contributed by atoms with Crippen molar-refractivity contribution in [1.29, 1.82) is 0 Å². The predicted octanol–water partition coefficient (Wildman–Crippen LogP) is 6.70. The van der Waals surface area contributed by atoms with E-state index in [1.54, 1.807) is 26.0 Å². The van der Waals surface area contributed by atoms with E-state index in [-0.39, 0.29) is 28.9 Å². The van der Waals surface area contributed by atoms with Crippen molar-refractivity contribution in [3.8, 4) is 11.5 Å². The number of ether oxygens (including phenoxy) is 3. The van der Waals surface area contributed by atoms with E-state index < -0.39 is 12.1 Å². The number of carbonyl (C=O) groups excluding carboxylic acids is 1. The molecule has 0 unspecified atom stereocenters. The van der Waals surface area contributed by atoms with Gasteiger partial charge < -0.3 is 14.2 Å². The molecule has 0 N–H and O–H groups in total. The molecule has 0 fully saturated rings. The minimum absolute atomic E-state index is 0.0101. The van der Waals surface area contributed by atoms with Crippen LogP contribution in [0.5, 0.6) is 11.5 Å². The molecular formula is C26H28Br2ClN3O5. The van der Waals surface area contributed by atoms with E-state index in [1.807, 2.05) is 32.9 Å². The summed E-state index contributed by atoms with van der Waals surface area (Å²) >= 11 is 13.5. The first-order valence-corrected chi connectivity index (χ1v) is 13.8. The fourth-order valence-corrected chi connectivity index (χ4v) is 4.46. The zero-order valence-electron chi connectivity index (χ0n) is 21.2. The van der Waals surface area contributed by atoms with Crippen molar-refractivity contribution >= 4 is 66.5 Å². The minimum atomic E-state index is -0.900. The third kappa shape index (κ3) is 6.53. The van der Waals surface area contributed by atoms with Gasteiger partial charge in [0, 0.05) is 20.4 Å². The Kier molecular flexibility index (Phi) is 10.1. The van der Waals surface area contributed by atoms with Gasteiger partial charge in [-0.3, -0.25) is 4.79 Å². The molecule has 0 bridgehead atoms. The summed E-state index contributed by atoms with van der Waals surface area (Å²) in [5.74, 6) is 0.541. The quantitative estimate of drug-likeness (QED) is 0.178. The molecule has 0 saturated heterocycles. The fourth-order valence-electron chi connectivity index (χ4n) is 3.45. The molecule has 0 aliphatic carbocycles. The van der Waals surface area contributed by atoms with E-state index in [1.165, 1.54) is 10.9 Å². The van der Waals surface area contributed by atoms with Crippen LogP contribution in [0.1, 0.15) is 58.3 Å². The van der Waals surface area contributed by atoms with Gasteiger partial charge in [-0.25, -0.2) is 9.78 Å². The fraction of sp³-hybridized carbons (Fsp3) is 0.385. The van der Waals surface area contributed by atoms with Crippen molar-refractivity contribution in [3.63, 3.8) is 0 Å². The van der Waals surface area contributed by atoms with Crippen molar-refractivity contribution < 1.29 is 19.0 Å². The van der Waals surface area contributed by atoms with Crippen LogP contribution in [0.4, 0.5) is 0 Å². The lowest BCUT2D eigenvalue weighted by molar-refractivity contribution is -0.150. The molecule has 11 heteroatoms. The molecule has 0 aliphatic heterocycles. The third-order valence-electron chi connectivity index (χ3n) is 5.57. The standard InChI is InChI=1S/C26H28Br2ClN3O5/c1-6-14(4)24-31-19-10-9-17(27)12-18(19)25(33)32(24)30-13-16-11-20(35-7-2)23(22(29)21(16)28)37-15(5)26(34)36-8-3/h9-15H,6-8H2,1-5H3/t14-,15-/m1/s1. The number of halogens is 3. The van der Waals surface area contributed by atoms with Gasteiger partial charge in [-0.05, 0) is 67.4 Å². The van der Waals surface area contributed by atoms with Gasteiger partial charge in [-0.15, -0.1) is 0 Å². The van der Waals surface area contributed by atoms with Gasteiger partial charge in [0.25, 0.3) is 5.56 Å². The van der Waals surface area contributed by atoms with Crippen LogP contribution in [-0.4, -0.2) is 41.2 Å². The molecule has 8 nitrogen and oxygen atoms in total. The summed E-state index contributed by atoms with van der Waals surface area (Å²) < 4.78 is 19.1. The van der Waals surface area contributed by atoms with Crippen molar-refractivity contribution in [2.75, 3.05) is 13.2 Å². The van der Waals surface area contributed by atoms with Crippen LogP contribution in [0.3, 0.4) is 0 Å². The average molecular weight is 658 g/mol. The van der Waals surface area contributed by atoms with Gasteiger partial charge >= 0.3 is 5.97 Å². The van der Waals surface area contributed by atoms with Crippen molar-refractivity contribution in [3.05, 3.63) is 60.0 Å². The zero-order valence-corrected chi connectivity index (χ0v) is 25.1. The summed E-state index contributed by atoms with van der Waals surface area (Å²) in [5, 5.41) is 5.15. The molecule has 37 heavy (non-hydrogen) atoms. The summed E-state index contributed by atoms with van der Waals surface area (Å²) in [7, 11) is 0. The number of aromatic nitrogens is 2. The van der Waals surface area contributed by atoms with Gasteiger partial charge in [0.2, 0.25) is 0 Å². The van der Waals surface area contributed by atoms with E-state index in [0.29, 0.717) is 39.1 Å². The van der Waals surface area contributed by atoms with Crippen molar-refractivity contribution in [1.82, 2.24) is 9.66 Å². The largest absolute Gasteiger partial charge is 0.490 e. The second-order valence-electron chi connectivity index (χ2n) is 8.17. The number of benzene rings is 2. The Hall–Kier alpha value is -2.43. The number of fused-ring (bicyclic) bond motifs is 1. The van der Waals surface area contributed by atoms with Crippen LogP contribution in [0.15, 0.2) is 43.1 Å². The Bertz CT molecular complexity index is 1390. The monoisotopic (exact) mass is 655 g/mol. The highest BCUT2D eigenvalue weighted by atomic mass is 79.9. The van der Waals surface area contributed by atoms with E-state index in [4.69, 9.17) is 30.8 Å². The predicted molar refractivity (Wildman–Crippen MR) is 152 cm³/mol. The van der Waals surface area contributed by atoms with Crippen molar-refractivity contribution in [2.45, 2.75) is 53.1 Å². The van der Waals surface area contributed by atoms with Gasteiger partial charge in [-0.2, -0.15) is 9.78 Å². The maximum atomic E-state index is 13.4. The molecule has 198 valence electrons. The number of nitrogens with zero attached hydrogens (tertiary/aromatic N) is 3. The lowest BCUT2D eigenvalue weighted by atomic mass is 10.1. The molecule has 3 rings (SSSR count). The SMILES string of the molecule is CCOC(=O)[C@@H](C)Oc1c(OCC)cc(C=Nn2c([C@H](C)CC)nc3ccc(Br)cc3c2=O)c(Br)c1Cl. The van der Waals surface area contributed by atoms with Crippen LogP contribution in [0.2, 0.25) is 5.02 Å². The molecular weight excluding hydrogens is 630 g/mol. The van der Waals surface area contributed by atoms with Crippen LogP contribution >= 0.6 is 43.5 Å². The number of rotatable bonds is 10. The van der Waals surface area contributed by atoms with Crippen LogP contribution in [-0.2, 0) is 9.53 Å². The summed E-state index contributed by atoms with van der Waals surface area (Å²) in [4.78, 5) is 30.2. The second kappa shape index (κ2) is 12.9. The molecule has 0 radical (unpaired) electrons. The van der Waals surface area contributed by atoms with E-state index >= 15 is 0 Å². The summed E-state index contributed by atoms with van der Waals surface area (Å²) in [5.41, 5.74) is 0.865. The Labute approximate surface area is 237 Å². The molecule has 2 atom stereocenters. The lowest BCUT2D eigenvalue weighted by Gasteiger charge is -2.19. The highest BCUT2D eigenvalue weighted by molar-refractivity contribution is 9.10. The molecule has 0 saturated carbocycles. The average Bonchev–Trinajstić information content (AvgIpc) is 2.88. The molecule has 0 aliphatic rings. The number of hydrogen-bond acceptors (Lipinski definition) is 7. The summed E-state index contributed by atoms with van der Waals surface area (Å²) in [6, 6.07) is 7.06. The smallest absolute Gasteiger partial charge is 0.347 e. The Morgan fingerprint density at radius 1 is 1.19 bits per heavy atom. The zero-order chi connectivity index (χ0) is 27.3. The van der Waals surface area contributed by atoms with E-state index in [2.05, 4.69) is 37.0 Å². The van der Waals surface area contributed by atoms with E-state index in [9.17, 15) is 9.59 Å².